The highest BCUT2D eigenvalue weighted by atomic mass is 32.2. The molecule has 0 aliphatic carbocycles. The molecular weight excluding hydrogens is 243 g/mol. The van der Waals surface area contributed by atoms with Crippen molar-refractivity contribution in [3.05, 3.63) is 0 Å². The Bertz CT molecular complexity index is 308. The summed E-state index contributed by atoms with van der Waals surface area (Å²) in [5, 5.41) is -0.192. The Morgan fingerprint density at radius 2 is 1.38 bits per heavy atom. The van der Waals surface area contributed by atoms with E-state index in [1.54, 1.807) is 6.92 Å². The molecule has 1 atom stereocenters. The first kappa shape index (κ1) is 16.3. The Morgan fingerprint density at radius 1 is 1.06 bits per heavy atom. The second-order valence-electron chi connectivity index (χ2n) is 6.30. The van der Waals surface area contributed by atoms with E-state index in [2.05, 4.69) is 0 Å². The zero-order valence-corrected chi connectivity index (χ0v) is 13.2. The average Bonchev–Trinajstić information content (AvgIpc) is 1.91. The van der Waals surface area contributed by atoms with Gasteiger partial charge in [-0.15, -0.1) is 0 Å². The van der Waals surface area contributed by atoms with Gasteiger partial charge in [-0.1, -0.05) is 6.92 Å². The van der Waals surface area contributed by atoms with Gasteiger partial charge in [-0.3, -0.25) is 0 Å². The van der Waals surface area contributed by atoms with Gasteiger partial charge in [0, 0.05) is 7.92 Å². The normalized spacial score (nSPS) is 16.6. The molecule has 0 bridgehead atoms. The lowest BCUT2D eigenvalue weighted by Gasteiger charge is -2.39. The summed E-state index contributed by atoms with van der Waals surface area (Å²) in [6.45, 7) is 14.0. The van der Waals surface area contributed by atoms with Crippen molar-refractivity contribution in [1.29, 1.82) is 0 Å². The Morgan fingerprint density at radius 3 is 1.44 bits per heavy atom. The van der Waals surface area contributed by atoms with Gasteiger partial charge in [-0.05, 0) is 48.0 Å². The fourth-order valence-electron chi connectivity index (χ4n) is 2.64. The topological polar surface area (TPSA) is 57.2 Å². The molecule has 0 saturated carbocycles. The smallest absolute Gasteiger partial charge is 0.156 e. The van der Waals surface area contributed by atoms with Gasteiger partial charge in [0.1, 0.15) is 10.1 Å². The summed E-state index contributed by atoms with van der Waals surface area (Å²) in [4.78, 5) is -0.697. The van der Waals surface area contributed by atoms with Crippen molar-refractivity contribution in [2.45, 2.75) is 70.2 Å². The van der Waals surface area contributed by atoms with Crippen LogP contribution >= 0.6 is 7.92 Å². The lowest BCUT2D eigenvalue weighted by Crippen LogP contribution is -2.35. The SMILES string of the molecule is CCC([PH+](C(C)(C)C)C(C)(C)C)S(=O)(=O)[O-]. The second-order valence-corrected chi connectivity index (χ2v) is 12.8. The van der Waals surface area contributed by atoms with Gasteiger partial charge in [0.15, 0.2) is 4.99 Å². The van der Waals surface area contributed by atoms with E-state index in [1.165, 1.54) is 0 Å². The summed E-state index contributed by atoms with van der Waals surface area (Å²) in [7, 11) is -5.51. The van der Waals surface area contributed by atoms with Gasteiger partial charge in [0.05, 0.1) is 10.3 Å². The van der Waals surface area contributed by atoms with E-state index >= 15 is 0 Å². The molecule has 1 unspecified atom stereocenters. The highest BCUT2D eigenvalue weighted by Crippen LogP contribution is 2.64. The average molecular weight is 268 g/mol. The third kappa shape index (κ3) is 4.31. The molecule has 0 rings (SSSR count). The monoisotopic (exact) mass is 268 g/mol. The van der Waals surface area contributed by atoms with Crippen molar-refractivity contribution in [1.82, 2.24) is 0 Å². The zero-order valence-electron chi connectivity index (χ0n) is 11.4. The molecular formula is C11H25O3PS. The van der Waals surface area contributed by atoms with Gasteiger partial charge in [-0.2, -0.15) is 0 Å². The highest BCUT2D eigenvalue weighted by molar-refractivity contribution is 7.95. The van der Waals surface area contributed by atoms with Crippen LogP contribution in [0.3, 0.4) is 0 Å². The standard InChI is InChI=1S/C11H25O3PS/c1-8-9(16(12,13)14)15(10(2,3)4)11(5,6)7/h9H,8H2,1-7H3,(H,12,13,14). The first-order chi connectivity index (χ1) is 6.81. The fraction of sp³-hybridized carbons (Fsp3) is 1.00. The van der Waals surface area contributed by atoms with E-state index in [0.717, 1.165) is 0 Å². The van der Waals surface area contributed by atoms with Gasteiger partial charge in [-0.25, -0.2) is 8.42 Å². The molecule has 0 aromatic heterocycles. The maximum absolute atomic E-state index is 11.4. The van der Waals surface area contributed by atoms with E-state index < -0.39 is 23.0 Å². The first-order valence-corrected chi connectivity index (χ1v) is 8.69. The molecule has 98 valence electrons. The zero-order chi connectivity index (χ0) is 13.4. The molecule has 0 aliphatic heterocycles. The van der Waals surface area contributed by atoms with Crippen LogP contribution in [0, 0.1) is 0 Å². The van der Waals surface area contributed by atoms with Crippen molar-refractivity contribution in [3.63, 3.8) is 0 Å². The lowest BCUT2D eigenvalue weighted by atomic mass is 10.2. The van der Waals surface area contributed by atoms with Crippen molar-refractivity contribution in [2.24, 2.45) is 0 Å². The minimum atomic E-state index is -4.19. The molecule has 3 nitrogen and oxygen atoms in total. The quantitative estimate of drug-likeness (QED) is 0.584. The second kappa shape index (κ2) is 4.91. The molecule has 0 amide bonds. The Labute approximate surface area is 102 Å². The van der Waals surface area contributed by atoms with E-state index in [4.69, 9.17) is 0 Å². The minimum absolute atomic E-state index is 0.0962. The van der Waals surface area contributed by atoms with Crippen LogP contribution in [0.5, 0.6) is 0 Å². The molecule has 0 aromatic carbocycles. The van der Waals surface area contributed by atoms with Crippen LogP contribution in [-0.2, 0) is 10.1 Å². The Hall–Kier alpha value is 0.340. The molecule has 0 heterocycles. The third-order valence-electron chi connectivity index (χ3n) is 2.66. The molecule has 0 aliphatic rings. The van der Waals surface area contributed by atoms with Crippen molar-refractivity contribution < 1.29 is 13.0 Å². The van der Waals surface area contributed by atoms with Crippen LogP contribution in [0.2, 0.25) is 0 Å². The van der Waals surface area contributed by atoms with Crippen LogP contribution in [0.1, 0.15) is 54.9 Å². The van der Waals surface area contributed by atoms with Crippen molar-refractivity contribution in [3.8, 4) is 0 Å². The molecule has 5 heteroatoms. The summed E-state index contributed by atoms with van der Waals surface area (Å²) in [5.41, 5.74) is 0. The maximum atomic E-state index is 11.4. The Kier molecular flexibility index (Phi) is 5.02. The fourth-order valence-corrected chi connectivity index (χ4v) is 10.9. The molecule has 0 saturated heterocycles. The van der Waals surface area contributed by atoms with Gasteiger partial charge < -0.3 is 4.55 Å². The van der Waals surface area contributed by atoms with Crippen LogP contribution < -0.4 is 0 Å². The van der Waals surface area contributed by atoms with Gasteiger partial charge in [0.2, 0.25) is 0 Å². The molecule has 0 N–H and O–H groups in total. The summed E-state index contributed by atoms with van der Waals surface area (Å²) in [6, 6.07) is 0. The van der Waals surface area contributed by atoms with Crippen LogP contribution in [0.15, 0.2) is 0 Å². The van der Waals surface area contributed by atoms with E-state index in [-0.39, 0.29) is 10.3 Å². The van der Waals surface area contributed by atoms with Gasteiger partial charge in [0.25, 0.3) is 0 Å². The van der Waals surface area contributed by atoms with Crippen LogP contribution in [0.4, 0.5) is 0 Å². The van der Waals surface area contributed by atoms with E-state index in [0.29, 0.717) is 6.42 Å². The third-order valence-corrected chi connectivity index (χ3v) is 9.54. The largest absolute Gasteiger partial charge is 0.745 e. The molecule has 0 aromatic rings. The summed E-state index contributed by atoms with van der Waals surface area (Å²) in [6.07, 6.45) is 0.425. The van der Waals surface area contributed by atoms with Crippen LogP contribution in [-0.4, -0.2) is 28.3 Å². The number of hydrogen-bond donors (Lipinski definition) is 0. The van der Waals surface area contributed by atoms with Crippen molar-refractivity contribution >= 4 is 18.0 Å². The number of hydrogen-bond acceptors (Lipinski definition) is 3. The molecule has 0 fully saturated rings. The summed E-state index contributed by atoms with van der Waals surface area (Å²) < 4.78 is 34.1. The lowest BCUT2D eigenvalue weighted by molar-refractivity contribution is 0.456. The van der Waals surface area contributed by atoms with Crippen LogP contribution in [0.25, 0.3) is 0 Å². The minimum Gasteiger partial charge on any atom is -0.745 e. The highest BCUT2D eigenvalue weighted by Gasteiger charge is 2.49. The van der Waals surface area contributed by atoms with Gasteiger partial charge >= 0.3 is 0 Å². The predicted molar refractivity (Wildman–Crippen MR) is 71.6 cm³/mol. The summed E-state index contributed by atoms with van der Waals surface area (Å²) >= 11 is 0. The van der Waals surface area contributed by atoms with E-state index in [9.17, 15) is 13.0 Å². The first-order valence-electron chi connectivity index (χ1n) is 5.64. The molecule has 16 heavy (non-hydrogen) atoms. The molecule has 0 spiro atoms. The maximum Gasteiger partial charge on any atom is 0.156 e. The number of rotatable bonds is 3. The molecule has 0 radical (unpaired) electrons. The Balaban J connectivity index is 5.53. The van der Waals surface area contributed by atoms with E-state index in [1.807, 2.05) is 41.5 Å². The van der Waals surface area contributed by atoms with Crippen molar-refractivity contribution in [2.75, 3.05) is 0 Å². The summed E-state index contributed by atoms with van der Waals surface area (Å²) in [5.74, 6) is 0. The predicted octanol–water partition coefficient (Wildman–Crippen LogP) is 3.08.